The van der Waals surface area contributed by atoms with Crippen molar-refractivity contribution in [2.24, 2.45) is 0 Å². The van der Waals surface area contributed by atoms with Crippen LogP contribution in [0.2, 0.25) is 0 Å². The summed E-state index contributed by atoms with van der Waals surface area (Å²) in [5.41, 5.74) is -0.184. The van der Waals surface area contributed by atoms with Gasteiger partial charge in [0.2, 0.25) is 5.91 Å². The van der Waals surface area contributed by atoms with Crippen molar-refractivity contribution in [1.29, 1.82) is 0 Å². The summed E-state index contributed by atoms with van der Waals surface area (Å²) in [7, 11) is 1.70. The van der Waals surface area contributed by atoms with Crippen molar-refractivity contribution in [3.05, 3.63) is 0 Å². The highest BCUT2D eigenvalue weighted by atomic mass is 35.5. The number of alkyl halides is 1. The van der Waals surface area contributed by atoms with Gasteiger partial charge in [-0.1, -0.05) is 0 Å². The molecule has 1 aliphatic rings. The van der Waals surface area contributed by atoms with E-state index in [0.717, 1.165) is 19.3 Å². The van der Waals surface area contributed by atoms with Crippen LogP contribution in [-0.4, -0.2) is 42.0 Å². The molecule has 0 bridgehead atoms. The molecule has 0 aromatic rings. The zero-order valence-electron chi connectivity index (χ0n) is 10.5. The number of hydrogen-bond donors (Lipinski definition) is 0. The summed E-state index contributed by atoms with van der Waals surface area (Å²) in [5, 5.41) is 0. The Balaban J connectivity index is 2.54. The first-order chi connectivity index (χ1) is 7.54. The first-order valence-corrected chi connectivity index (χ1v) is 6.49. The maximum Gasteiger partial charge on any atom is 0.225 e. The number of ether oxygens (including phenoxy) is 1. The molecule has 0 saturated heterocycles. The number of amides is 1. The van der Waals surface area contributed by atoms with Gasteiger partial charge >= 0.3 is 0 Å². The Bertz CT molecular complexity index is 234. The molecule has 1 fully saturated rings. The number of nitrogens with zero attached hydrogens (tertiary/aromatic N) is 1. The Labute approximate surface area is 103 Å². The zero-order chi connectivity index (χ0) is 12.2. The molecule has 0 atom stereocenters. The molecule has 1 saturated carbocycles. The van der Waals surface area contributed by atoms with Crippen molar-refractivity contribution in [1.82, 2.24) is 4.90 Å². The second kappa shape index (κ2) is 5.87. The minimum Gasteiger partial charge on any atom is -0.378 e. The second-order valence-corrected chi connectivity index (χ2v) is 5.17. The Morgan fingerprint density at radius 2 is 2.12 bits per heavy atom. The Morgan fingerprint density at radius 1 is 1.50 bits per heavy atom. The van der Waals surface area contributed by atoms with E-state index in [1.165, 1.54) is 0 Å². The lowest BCUT2D eigenvalue weighted by atomic mass is 9.77. The molecule has 0 unspecified atom stereocenters. The number of carbonyl (C=O) groups is 1. The van der Waals surface area contributed by atoms with Crippen LogP contribution in [0.3, 0.4) is 0 Å². The van der Waals surface area contributed by atoms with Crippen LogP contribution in [0.1, 0.15) is 39.5 Å². The van der Waals surface area contributed by atoms with Gasteiger partial charge in [0.25, 0.3) is 0 Å². The van der Waals surface area contributed by atoms with Crippen molar-refractivity contribution in [3.63, 3.8) is 0 Å². The maximum atomic E-state index is 12.1. The molecule has 4 heteroatoms. The van der Waals surface area contributed by atoms with Crippen LogP contribution in [0.25, 0.3) is 0 Å². The minimum absolute atomic E-state index is 0.164. The van der Waals surface area contributed by atoms with E-state index in [2.05, 4.69) is 0 Å². The van der Waals surface area contributed by atoms with Crippen molar-refractivity contribution >= 4 is 17.5 Å². The molecule has 0 heterocycles. The molecule has 1 rings (SSSR count). The fourth-order valence-electron chi connectivity index (χ4n) is 2.16. The van der Waals surface area contributed by atoms with Crippen molar-refractivity contribution < 1.29 is 9.53 Å². The predicted octanol–water partition coefficient (Wildman–Crippen LogP) is 2.42. The van der Waals surface area contributed by atoms with Gasteiger partial charge in [-0.15, -0.1) is 11.6 Å². The summed E-state index contributed by atoms with van der Waals surface area (Å²) in [6, 6.07) is 0.209. The number of carbonyl (C=O) groups excluding carboxylic acids is 1. The molecule has 0 aromatic carbocycles. The third-order valence-corrected chi connectivity index (χ3v) is 3.61. The Hall–Kier alpha value is -0.280. The van der Waals surface area contributed by atoms with Crippen LogP contribution in [0, 0.1) is 0 Å². The van der Waals surface area contributed by atoms with Gasteiger partial charge in [0.15, 0.2) is 0 Å². The highest BCUT2D eigenvalue weighted by Gasteiger charge is 2.40. The average molecular weight is 248 g/mol. The first-order valence-electron chi connectivity index (χ1n) is 5.95. The fourth-order valence-corrected chi connectivity index (χ4v) is 2.35. The molecular weight excluding hydrogens is 226 g/mol. The number of halogens is 1. The van der Waals surface area contributed by atoms with Crippen LogP contribution < -0.4 is 0 Å². The normalized spacial score (nSPS) is 18.3. The molecular formula is C12H22ClNO2. The molecule has 16 heavy (non-hydrogen) atoms. The zero-order valence-corrected chi connectivity index (χ0v) is 11.2. The SMILES string of the molecule is COC1(CC(=O)N(CCCl)C(C)C)CCC1. The van der Waals surface area contributed by atoms with Crippen molar-refractivity contribution in [3.8, 4) is 0 Å². The van der Waals surface area contributed by atoms with Crippen LogP contribution in [0.5, 0.6) is 0 Å². The van der Waals surface area contributed by atoms with Crippen LogP contribution in [0.4, 0.5) is 0 Å². The molecule has 94 valence electrons. The van der Waals surface area contributed by atoms with E-state index in [1.54, 1.807) is 7.11 Å². The van der Waals surface area contributed by atoms with Crippen molar-refractivity contribution in [2.45, 2.75) is 51.2 Å². The van der Waals surface area contributed by atoms with E-state index in [0.29, 0.717) is 18.8 Å². The van der Waals surface area contributed by atoms with E-state index in [4.69, 9.17) is 16.3 Å². The molecule has 1 amide bonds. The Kier molecular flexibility index (Phi) is 5.06. The average Bonchev–Trinajstić information content (AvgIpc) is 2.19. The summed E-state index contributed by atoms with van der Waals surface area (Å²) in [5.74, 6) is 0.654. The molecule has 0 radical (unpaired) electrons. The minimum atomic E-state index is -0.184. The molecule has 0 aromatic heterocycles. The first kappa shape index (κ1) is 13.8. The van der Waals surface area contributed by atoms with Gasteiger partial charge < -0.3 is 9.64 Å². The maximum absolute atomic E-state index is 12.1. The van der Waals surface area contributed by atoms with Gasteiger partial charge in [0.1, 0.15) is 0 Å². The third-order valence-electron chi connectivity index (χ3n) is 3.44. The van der Waals surface area contributed by atoms with E-state index in [-0.39, 0.29) is 17.6 Å². The molecule has 0 N–H and O–H groups in total. The number of rotatable bonds is 6. The van der Waals surface area contributed by atoms with E-state index >= 15 is 0 Å². The molecule has 0 spiro atoms. The summed E-state index contributed by atoms with van der Waals surface area (Å²) in [4.78, 5) is 14.0. The van der Waals surface area contributed by atoms with Crippen molar-refractivity contribution in [2.75, 3.05) is 19.5 Å². The monoisotopic (exact) mass is 247 g/mol. The van der Waals surface area contributed by atoms with E-state index in [1.807, 2.05) is 18.7 Å². The quantitative estimate of drug-likeness (QED) is 0.675. The van der Waals surface area contributed by atoms with E-state index in [9.17, 15) is 4.79 Å². The van der Waals surface area contributed by atoms with Gasteiger partial charge in [0.05, 0.1) is 12.0 Å². The van der Waals surface area contributed by atoms with Crippen LogP contribution >= 0.6 is 11.6 Å². The van der Waals surface area contributed by atoms with Crippen LogP contribution in [0.15, 0.2) is 0 Å². The topological polar surface area (TPSA) is 29.5 Å². The highest BCUT2D eigenvalue weighted by molar-refractivity contribution is 6.18. The summed E-state index contributed by atoms with van der Waals surface area (Å²) in [6.45, 7) is 4.66. The third kappa shape index (κ3) is 3.11. The lowest BCUT2D eigenvalue weighted by Gasteiger charge is -2.41. The van der Waals surface area contributed by atoms with E-state index < -0.39 is 0 Å². The fraction of sp³-hybridized carbons (Fsp3) is 0.917. The lowest BCUT2D eigenvalue weighted by Crippen LogP contribution is -2.47. The van der Waals surface area contributed by atoms with Gasteiger partial charge in [-0.3, -0.25) is 4.79 Å². The van der Waals surface area contributed by atoms with Gasteiger partial charge in [-0.2, -0.15) is 0 Å². The number of methoxy groups -OCH3 is 1. The smallest absolute Gasteiger partial charge is 0.225 e. The molecule has 1 aliphatic carbocycles. The largest absolute Gasteiger partial charge is 0.378 e. The van der Waals surface area contributed by atoms with Gasteiger partial charge in [-0.05, 0) is 33.1 Å². The van der Waals surface area contributed by atoms with Gasteiger partial charge in [-0.25, -0.2) is 0 Å². The summed E-state index contributed by atoms with van der Waals surface area (Å²) < 4.78 is 5.47. The van der Waals surface area contributed by atoms with Crippen LogP contribution in [-0.2, 0) is 9.53 Å². The lowest BCUT2D eigenvalue weighted by molar-refractivity contribution is -0.145. The summed E-state index contributed by atoms with van der Waals surface area (Å²) in [6.07, 6.45) is 3.67. The number of hydrogen-bond acceptors (Lipinski definition) is 2. The predicted molar refractivity (Wildman–Crippen MR) is 65.8 cm³/mol. The highest BCUT2D eigenvalue weighted by Crippen LogP contribution is 2.38. The second-order valence-electron chi connectivity index (χ2n) is 4.79. The van der Waals surface area contributed by atoms with Gasteiger partial charge in [0, 0.05) is 25.6 Å². The summed E-state index contributed by atoms with van der Waals surface area (Å²) >= 11 is 5.71. The molecule has 3 nitrogen and oxygen atoms in total. The Morgan fingerprint density at radius 3 is 2.44 bits per heavy atom. The molecule has 0 aliphatic heterocycles. The standard InChI is InChI=1S/C12H22ClNO2/c1-10(2)14(8-7-13)11(15)9-12(16-3)5-4-6-12/h10H,4-9H2,1-3H3.